The van der Waals surface area contributed by atoms with Crippen molar-refractivity contribution < 1.29 is 0 Å². The van der Waals surface area contributed by atoms with Crippen LogP contribution in [0.1, 0.15) is 75.9 Å². The Morgan fingerprint density at radius 1 is 1.20 bits per heavy atom. The fraction of sp³-hybridized carbons (Fsp3) is 0.750. The lowest BCUT2D eigenvalue weighted by molar-refractivity contribution is 0.536. The molecular formula is C16H27N3S. The molecule has 1 aliphatic rings. The highest BCUT2D eigenvalue weighted by Gasteiger charge is 2.28. The summed E-state index contributed by atoms with van der Waals surface area (Å²) < 4.78 is 4.22. The maximum Gasteiger partial charge on any atom is 0.0860 e. The molecule has 0 fully saturated rings. The molecule has 0 bridgehead atoms. The highest BCUT2D eigenvalue weighted by molar-refractivity contribution is 7.05. The highest BCUT2D eigenvalue weighted by atomic mass is 32.1. The lowest BCUT2D eigenvalue weighted by Crippen LogP contribution is -2.23. The SMILES string of the molecule is CNC(C1=CCCCCCC1)c1snnc1C(C)(C)C. The van der Waals surface area contributed by atoms with Crippen LogP contribution in [0.25, 0.3) is 0 Å². The molecule has 1 aromatic heterocycles. The Morgan fingerprint density at radius 3 is 2.65 bits per heavy atom. The number of likely N-dealkylation sites (N-methyl/N-ethyl adjacent to an activating group) is 1. The first-order valence-corrected chi connectivity index (χ1v) is 8.50. The molecule has 0 spiro atoms. The minimum absolute atomic E-state index is 0.0552. The van der Waals surface area contributed by atoms with Gasteiger partial charge in [-0.25, -0.2) is 0 Å². The molecule has 1 aliphatic carbocycles. The first-order valence-electron chi connectivity index (χ1n) is 7.73. The fourth-order valence-electron chi connectivity index (χ4n) is 2.87. The molecule has 3 nitrogen and oxygen atoms in total. The number of aromatic nitrogens is 2. The van der Waals surface area contributed by atoms with Gasteiger partial charge in [0.15, 0.2) is 0 Å². The maximum atomic E-state index is 4.39. The fourth-order valence-corrected chi connectivity index (χ4v) is 3.89. The third-order valence-corrected chi connectivity index (χ3v) is 4.76. The number of nitrogens with zero attached hydrogens (tertiary/aromatic N) is 2. The maximum absolute atomic E-state index is 4.39. The minimum Gasteiger partial charge on any atom is -0.309 e. The van der Waals surface area contributed by atoms with Crippen LogP contribution in [0.2, 0.25) is 0 Å². The quantitative estimate of drug-likeness (QED) is 0.841. The summed E-state index contributed by atoms with van der Waals surface area (Å²) in [5.41, 5.74) is 2.73. The second-order valence-electron chi connectivity index (χ2n) is 6.69. The molecule has 1 heterocycles. The van der Waals surface area contributed by atoms with E-state index in [9.17, 15) is 0 Å². The van der Waals surface area contributed by atoms with E-state index in [4.69, 9.17) is 0 Å². The van der Waals surface area contributed by atoms with Gasteiger partial charge in [-0.2, -0.15) is 0 Å². The lowest BCUT2D eigenvalue weighted by atomic mass is 9.87. The molecule has 0 saturated carbocycles. The van der Waals surface area contributed by atoms with Crippen LogP contribution in [0, 0.1) is 0 Å². The van der Waals surface area contributed by atoms with E-state index in [0.29, 0.717) is 6.04 Å². The van der Waals surface area contributed by atoms with Crippen molar-refractivity contribution in [2.75, 3.05) is 7.05 Å². The summed E-state index contributed by atoms with van der Waals surface area (Å²) in [6, 6.07) is 0.294. The van der Waals surface area contributed by atoms with E-state index >= 15 is 0 Å². The van der Waals surface area contributed by atoms with E-state index in [1.807, 2.05) is 0 Å². The van der Waals surface area contributed by atoms with Gasteiger partial charge in [0, 0.05) is 5.41 Å². The average molecular weight is 293 g/mol. The minimum atomic E-state index is 0.0552. The van der Waals surface area contributed by atoms with Crippen LogP contribution in [-0.4, -0.2) is 16.6 Å². The van der Waals surface area contributed by atoms with Crippen LogP contribution in [0.4, 0.5) is 0 Å². The van der Waals surface area contributed by atoms with E-state index in [-0.39, 0.29) is 5.41 Å². The van der Waals surface area contributed by atoms with Crippen molar-refractivity contribution in [2.24, 2.45) is 0 Å². The van der Waals surface area contributed by atoms with Gasteiger partial charge >= 0.3 is 0 Å². The van der Waals surface area contributed by atoms with Crippen molar-refractivity contribution in [3.05, 3.63) is 22.2 Å². The Hall–Kier alpha value is -0.740. The Morgan fingerprint density at radius 2 is 1.95 bits per heavy atom. The van der Waals surface area contributed by atoms with Crippen molar-refractivity contribution in [3.8, 4) is 0 Å². The van der Waals surface area contributed by atoms with E-state index in [2.05, 4.69) is 48.8 Å². The summed E-state index contributed by atoms with van der Waals surface area (Å²) >= 11 is 1.55. The molecule has 1 atom stereocenters. The number of rotatable bonds is 3. The molecule has 0 aromatic carbocycles. The molecule has 112 valence electrons. The first-order chi connectivity index (χ1) is 9.54. The molecule has 4 heteroatoms. The molecule has 20 heavy (non-hydrogen) atoms. The normalized spacial score (nSPS) is 19.1. The summed E-state index contributed by atoms with van der Waals surface area (Å²) in [6.07, 6.45) is 10.2. The largest absolute Gasteiger partial charge is 0.309 e. The molecule has 0 aliphatic heterocycles. The first kappa shape index (κ1) is 15.6. The second-order valence-corrected chi connectivity index (χ2v) is 7.48. The standard InChI is InChI=1S/C16H27N3S/c1-16(2,3)15-14(20-19-18-15)13(17-4)12-10-8-6-5-7-9-11-12/h10,13,17H,5-9,11H2,1-4H3. The number of nitrogens with one attached hydrogen (secondary N) is 1. The molecule has 0 saturated heterocycles. The third-order valence-electron chi connectivity index (χ3n) is 3.97. The summed E-state index contributed by atoms with van der Waals surface area (Å²) in [7, 11) is 2.05. The molecule has 0 amide bonds. The monoisotopic (exact) mass is 293 g/mol. The topological polar surface area (TPSA) is 37.8 Å². The van der Waals surface area contributed by atoms with Gasteiger partial charge in [-0.05, 0) is 44.3 Å². The van der Waals surface area contributed by atoms with Gasteiger partial charge < -0.3 is 5.32 Å². The number of hydrogen-bond acceptors (Lipinski definition) is 4. The molecular weight excluding hydrogens is 266 g/mol. The van der Waals surface area contributed by atoms with Crippen LogP contribution < -0.4 is 5.32 Å². The zero-order chi connectivity index (χ0) is 14.6. The predicted octanol–water partition coefficient (Wildman–Crippen LogP) is 4.38. The van der Waals surface area contributed by atoms with Gasteiger partial charge in [-0.15, -0.1) is 5.10 Å². The van der Waals surface area contributed by atoms with Crippen LogP contribution in [0.3, 0.4) is 0 Å². The molecule has 1 unspecified atom stereocenters. The second kappa shape index (κ2) is 6.81. The number of hydrogen-bond donors (Lipinski definition) is 1. The summed E-state index contributed by atoms with van der Waals surface area (Å²) in [5, 5.41) is 7.89. The summed E-state index contributed by atoms with van der Waals surface area (Å²) in [4.78, 5) is 1.30. The Labute approximate surface area is 127 Å². The van der Waals surface area contributed by atoms with Gasteiger partial charge in [0.1, 0.15) is 0 Å². The third kappa shape index (κ3) is 3.67. The average Bonchev–Trinajstić information content (AvgIpc) is 2.81. The zero-order valence-electron chi connectivity index (χ0n) is 13.2. The van der Waals surface area contributed by atoms with Crippen LogP contribution >= 0.6 is 11.5 Å². The van der Waals surface area contributed by atoms with E-state index in [1.165, 1.54) is 49.0 Å². The highest BCUT2D eigenvalue weighted by Crippen LogP contribution is 2.36. The predicted molar refractivity (Wildman–Crippen MR) is 86.2 cm³/mol. The van der Waals surface area contributed by atoms with E-state index in [0.717, 1.165) is 5.69 Å². The van der Waals surface area contributed by atoms with Crippen LogP contribution in [-0.2, 0) is 5.41 Å². The van der Waals surface area contributed by atoms with E-state index < -0.39 is 0 Å². The van der Waals surface area contributed by atoms with Gasteiger partial charge in [0.25, 0.3) is 0 Å². The zero-order valence-corrected chi connectivity index (χ0v) is 14.0. The molecule has 0 radical (unpaired) electrons. The molecule has 1 N–H and O–H groups in total. The summed E-state index contributed by atoms with van der Waals surface area (Å²) in [6.45, 7) is 6.64. The smallest absolute Gasteiger partial charge is 0.0860 e. The van der Waals surface area contributed by atoms with Crippen molar-refractivity contribution >= 4 is 11.5 Å². The van der Waals surface area contributed by atoms with Gasteiger partial charge in [-0.3, -0.25) is 0 Å². The van der Waals surface area contributed by atoms with Crippen LogP contribution in [0.15, 0.2) is 11.6 Å². The van der Waals surface area contributed by atoms with Gasteiger partial charge in [0.05, 0.1) is 16.6 Å². The van der Waals surface area contributed by atoms with Crippen molar-refractivity contribution in [3.63, 3.8) is 0 Å². The molecule has 1 aromatic rings. The Kier molecular flexibility index (Phi) is 5.33. The van der Waals surface area contributed by atoms with Crippen LogP contribution in [0.5, 0.6) is 0 Å². The summed E-state index contributed by atoms with van der Waals surface area (Å²) in [5.74, 6) is 0. The Balaban J connectivity index is 2.30. The van der Waals surface area contributed by atoms with Crippen molar-refractivity contribution in [2.45, 2.75) is 70.8 Å². The van der Waals surface area contributed by atoms with Crippen molar-refractivity contribution in [1.29, 1.82) is 0 Å². The van der Waals surface area contributed by atoms with E-state index in [1.54, 1.807) is 11.5 Å². The van der Waals surface area contributed by atoms with Crippen molar-refractivity contribution in [1.82, 2.24) is 14.9 Å². The van der Waals surface area contributed by atoms with Gasteiger partial charge in [-0.1, -0.05) is 49.8 Å². The Bertz CT molecular complexity index is 457. The lowest BCUT2D eigenvalue weighted by Gasteiger charge is -2.24. The molecule has 2 rings (SSSR count). The number of allylic oxidation sites excluding steroid dienone is 1. The van der Waals surface area contributed by atoms with Gasteiger partial charge in [0.2, 0.25) is 0 Å².